The highest BCUT2D eigenvalue weighted by molar-refractivity contribution is 8.16. The van der Waals surface area contributed by atoms with Crippen molar-refractivity contribution in [3.63, 3.8) is 0 Å². The second kappa shape index (κ2) is 6.86. The first-order chi connectivity index (χ1) is 11.3. The van der Waals surface area contributed by atoms with Gasteiger partial charge in [-0.3, -0.25) is 4.79 Å². The summed E-state index contributed by atoms with van der Waals surface area (Å²) < 4.78 is 24.0. The second-order valence-electron chi connectivity index (χ2n) is 5.80. The van der Waals surface area contributed by atoms with Crippen molar-refractivity contribution in [3.05, 3.63) is 28.2 Å². The van der Waals surface area contributed by atoms with E-state index in [0.717, 1.165) is 0 Å². The Morgan fingerprint density at radius 2 is 2.12 bits per heavy atom. The summed E-state index contributed by atoms with van der Waals surface area (Å²) in [6.45, 7) is 1.91. The zero-order valence-corrected chi connectivity index (χ0v) is 16.1. The molecule has 130 valence electrons. The fourth-order valence-electron chi connectivity index (χ4n) is 2.89. The minimum absolute atomic E-state index is 0.0223. The van der Waals surface area contributed by atoms with Gasteiger partial charge in [0.1, 0.15) is 0 Å². The molecule has 9 heteroatoms. The van der Waals surface area contributed by atoms with E-state index >= 15 is 0 Å². The molecule has 2 heterocycles. The SMILES string of the molecule is CCCC(=O)N=C1S[C@@H]2CS(=O)(=O)C[C@H]2N1c1cc(Cl)ccc1Cl. The molecular weight excluding hydrogens is 391 g/mol. The second-order valence-corrected chi connectivity index (χ2v) is 10.0. The minimum atomic E-state index is -3.11. The molecule has 0 radical (unpaired) electrons. The molecule has 2 saturated heterocycles. The molecule has 3 rings (SSSR count). The first-order valence-electron chi connectivity index (χ1n) is 7.53. The maximum absolute atomic E-state index is 12.0. The number of fused-ring (bicyclic) bond motifs is 1. The molecule has 2 fully saturated rings. The molecule has 2 atom stereocenters. The molecular formula is C15H16Cl2N2O3S2. The van der Waals surface area contributed by atoms with Crippen LogP contribution in [0.2, 0.25) is 10.0 Å². The number of aliphatic imine (C=N–C) groups is 1. The number of amides is 1. The monoisotopic (exact) mass is 406 g/mol. The lowest BCUT2D eigenvalue weighted by Crippen LogP contribution is -2.38. The van der Waals surface area contributed by atoms with Gasteiger partial charge in [0.05, 0.1) is 28.3 Å². The van der Waals surface area contributed by atoms with Crippen molar-refractivity contribution in [2.45, 2.75) is 31.1 Å². The van der Waals surface area contributed by atoms with E-state index < -0.39 is 9.84 Å². The molecule has 24 heavy (non-hydrogen) atoms. The van der Waals surface area contributed by atoms with Crippen LogP contribution in [0.15, 0.2) is 23.2 Å². The molecule has 0 aromatic heterocycles. The minimum Gasteiger partial charge on any atom is -0.314 e. The van der Waals surface area contributed by atoms with Crippen LogP contribution in [-0.4, -0.2) is 42.3 Å². The summed E-state index contributed by atoms with van der Waals surface area (Å²) in [5, 5.41) is 1.28. The van der Waals surface area contributed by atoms with Crippen LogP contribution in [0.25, 0.3) is 0 Å². The highest BCUT2D eigenvalue weighted by Gasteiger charge is 2.49. The van der Waals surface area contributed by atoms with Gasteiger partial charge in [0.2, 0.25) is 5.91 Å². The summed E-state index contributed by atoms with van der Waals surface area (Å²) >= 11 is 13.7. The lowest BCUT2D eigenvalue weighted by atomic mass is 10.2. The standard InChI is InChI=1S/C15H16Cl2N2O3S2/c1-2-3-14(20)18-15-19(11-6-9(16)4-5-10(11)17)12-7-24(21,22)8-13(12)23-15/h4-6,12-13H,2-3,7-8H2,1H3/t12-,13-/m1/s1. The van der Waals surface area contributed by atoms with Crippen LogP contribution in [0.3, 0.4) is 0 Å². The molecule has 0 saturated carbocycles. The number of anilines is 1. The number of amidine groups is 1. The molecule has 1 aromatic rings. The van der Waals surface area contributed by atoms with Crippen LogP contribution in [0.1, 0.15) is 19.8 Å². The summed E-state index contributed by atoms with van der Waals surface area (Å²) in [7, 11) is -3.11. The largest absolute Gasteiger partial charge is 0.314 e. The summed E-state index contributed by atoms with van der Waals surface area (Å²) in [5.41, 5.74) is 0.587. The van der Waals surface area contributed by atoms with Crippen molar-refractivity contribution in [3.8, 4) is 0 Å². The molecule has 1 amide bonds. The smallest absolute Gasteiger partial charge is 0.248 e. The van der Waals surface area contributed by atoms with Gasteiger partial charge in [-0.05, 0) is 24.6 Å². The molecule has 0 spiro atoms. The van der Waals surface area contributed by atoms with Crippen LogP contribution in [0.4, 0.5) is 5.69 Å². The third-order valence-corrected chi connectivity index (χ3v) is 7.68. The van der Waals surface area contributed by atoms with Gasteiger partial charge in [0, 0.05) is 16.7 Å². The van der Waals surface area contributed by atoms with E-state index in [2.05, 4.69) is 4.99 Å². The van der Waals surface area contributed by atoms with Gasteiger partial charge in [-0.2, -0.15) is 4.99 Å². The summed E-state index contributed by atoms with van der Waals surface area (Å²) in [4.78, 5) is 17.9. The zero-order chi connectivity index (χ0) is 17.5. The van der Waals surface area contributed by atoms with Crippen LogP contribution >= 0.6 is 35.0 Å². The number of rotatable bonds is 3. The Hall–Kier alpha value is -0.760. The number of benzene rings is 1. The number of carbonyl (C=O) groups excluding carboxylic acids is 1. The van der Waals surface area contributed by atoms with Crippen molar-refractivity contribution in [1.82, 2.24) is 0 Å². The van der Waals surface area contributed by atoms with Crippen LogP contribution in [0, 0.1) is 0 Å². The average Bonchev–Trinajstić information content (AvgIpc) is 2.93. The Kier molecular flexibility index (Phi) is 5.16. The van der Waals surface area contributed by atoms with Crippen LogP contribution < -0.4 is 4.90 Å². The fourth-order valence-corrected chi connectivity index (χ4v) is 7.19. The number of hydrogen-bond acceptors (Lipinski definition) is 4. The number of sulfone groups is 1. The predicted octanol–water partition coefficient (Wildman–Crippen LogP) is 3.39. The van der Waals surface area contributed by atoms with Gasteiger partial charge < -0.3 is 4.90 Å². The van der Waals surface area contributed by atoms with Gasteiger partial charge in [0.15, 0.2) is 15.0 Å². The lowest BCUT2D eigenvalue weighted by molar-refractivity contribution is -0.117. The Morgan fingerprint density at radius 3 is 2.83 bits per heavy atom. The van der Waals surface area contributed by atoms with Crippen molar-refractivity contribution in [1.29, 1.82) is 0 Å². The Balaban J connectivity index is 2.04. The Morgan fingerprint density at radius 1 is 1.38 bits per heavy atom. The van der Waals surface area contributed by atoms with E-state index in [1.165, 1.54) is 11.8 Å². The van der Waals surface area contributed by atoms with Crippen molar-refractivity contribution >= 4 is 61.6 Å². The number of thioether (sulfide) groups is 1. The van der Waals surface area contributed by atoms with Crippen LogP contribution in [-0.2, 0) is 14.6 Å². The molecule has 0 aliphatic carbocycles. The Labute approximate surface area is 155 Å². The third-order valence-electron chi connectivity index (χ3n) is 3.92. The van der Waals surface area contributed by atoms with E-state index in [0.29, 0.717) is 33.7 Å². The average molecular weight is 407 g/mol. The molecule has 0 N–H and O–H groups in total. The van der Waals surface area contributed by atoms with Crippen molar-refractivity contribution in [2.75, 3.05) is 16.4 Å². The van der Waals surface area contributed by atoms with Crippen LogP contribution in [0.5, 0.6) is 0 Å². The number of nitrogens with zero attached hydrogens (tertiary/aromatic N) is 2. The maximum Gasteiger partial charge on any atom is 0.248 e. The molecule has 2 aliphatic heterocycles. The van der Waals surface area contributed by atoms with Crippen molar-refractivity contribution < 1.29 is 13.2 Å². The molecule has 0 bridgehead atoms. The predicted molar refractivity (Wildman–Crippen MR) is 100 cm³/mol. The number of halogens is 2. The Bertz CT molecular complexity index is 811. The first-order valence-corrected chi connectivity index (χ1v) is 11.0. The summed E-state index contributed by atoms with van der Waals surface area (Å²) in [6.07, 6.45) is 1.06. The molecule has 1 aromatic carbocycles. The number of hydrogen-bond donors (Lipinski definition) is 0. The number of carbonyl (C=O) groups is 1. The van der Waals surface area contributed by atoms with E-state index in [1.807, 2.05) is 6.92 Å². The molecule has 5 nitrogen and oxygen atoms in total. The third kappa shape index (κ3) is 3.59. The van der Waals surface area contributed by atoms with E-state index in [-0.39, 0.29) is 28.7 Å². The van der Waals surface area contributed by atoms with Gasteiger partial charge in [-0.25, -0.2) is 8.42 Å². The van der Waals surface area contributed by atoms with E-state index in [1.54, 1.807) is 23.1 Å². The summed E-state index contributed by atoms with van der Waals surface area (Å²) in [6, 6.07) is 4.71. The molecule has 2 aliphatic rings. The van der Waals surface area contributed by atoms with Gasteiger partial charge in [0.25, 0.3) is 0 Å². The van der Waals surface area contributed by atoms with Gasteiger partial charge in [-0.15, -0.1) is 0 Å². The highest BCUT2D eigenvalue weighted by atomic mass is 35.5. The first kappa shape index (κ1) is 18.0. The lowest BCUT2D eigenvalue weighted by Gasteiger charge is -2.25. The van der Waals surface area contributed by atoms with E-state index in [4.69, 9.17) is 23.2 Å². The quantitative estimate of drug-likeness (QED) is 0.769. The topological polar surface area (TPSA) is 66.8 Å². The van der Waals surface area contributed by atoms with Crippen molar-refractivity contribution in [2.24, 2.45) is 4.99 Å². The normalized spacial score (nSPS) is 26.8. The highest BCUT2D eigenvalue weighted by Crippen LogP contribution is 2.43. The zero-order valence-electron chi connectivity index (χ0n) is 12.9. The van der Waals surface area contributed by atoms with Gasteiger partial charge >= 0.3 is 0 Å². The van der Waals surface area contributed by atoms with Gasteiger partial charge in [-0.1, -0.05) is 41.9 Å². The molecule has 0 unspecified atom stereocenters. The summed E-state index contributed by atoms with van der Waals surface area (Å²) in [5.74, 6) is -0.113. The maximum atomic E-state index is 12.0. The van der Waals surface area contributed by atoms with E-state index in [9.17, 15) is 13.2 Å². The fraction of sp³-hybridized carbons (Fsp3) is 0.467.